The van der Waals surface area contributed by atoms with Crippen molar-refractivity contribution in [3.05, 3.63) is 71.2 Å². The number of nitrogens with two attached hydrogens (primary N) is 1. The van der Waals surface area contributed by atoms with Crippen LogP contribution < -0.4 is 5.73 Å². The molecule has 0 fully saturated rings. The zero-order valence-electron chi connectivity index (χ0n) is 11.9. The Morgan fingerprint density at radius 2 is 1.85 bits per heavy atom. The minimum Gasteiger partial charge on any atom is -0.323 e. The third-order valence-corrected chi connectivity index (χ3v) is 3.60. The van der Waals surface area contributed by atoms with Gasteiger partial charge in [0.15, 0.2) is 0 Å². The van der Waals surface area contributed by atoms with Crippen molar-refractivity contribution < 1.29 is 0 Å². The lowest BCUT2D eigenvalue weighted by molar-refractivity contribution is 0.749. The molecule has 20 heavy (non-hydrogen) atoms. The molecule has 0 saturated carbocycles. The lowest BCUT2D eigenvalue weighted by Gasteiger charge is -2.10. The quantitative estimate of drug-likeness (QED) is 0.790. The van der Waals surface area contributed by atoms with Crippen LogP contribution in [0.3, 0.4) is 0 Å². The molecule has 0 radical (unpaired) electrons. The lowest BCUT2D eigenvalue weighted by atomic mass is 10.1. The molecule has 0 bridgehead atoms. The minimum atomic E-state index is -0.0372. The highest BCUT2D eigenvalue weighted by Crippen LogP contribution is 2.22. The average molecular weight is 265 g/mol. The first kappa shape index (κ1) is 12.9. The summed E-state index contributed by atoms with van der Waals surface area (Å²) in [5.41, 5.74) is 11.8. The van der Waals surface area contributed by atoms with Crippen LogP contribution in [0.15, 0.2) is 48.5 Å². The van der Waals surface area contributed by atoms with Gasteiger partial charge in [-0.3, -0.25) is 4.40 Å². The van der Waals surface area contributed by atoms with Gasteiger partial charge in [0.25, 0.3) is 0 Å². The molecule has 0 aliphatic rings. The van der Waals surface area contributed by atoms with Crippen molar-refractivity contribution in [3.63, 3.8) is 0 Å². The predicted molar refractivity (Wildman–Crippen MR) is 81.8 cm³/mol. The number of pyridine rings is 1. The van der Waals surface area contributed by atoms with E-state index in [0.29, 0.717) is 0 Å². The Hall–Kier alpha value is -2.13. The standard InChI is InChI=1S/C17H19N3/c1-12-7-6-10-16-19-15(17(13(2)18)20(12)16)11-14-8-4-3-5-9-14/h3-10,13H,11,18H2,1-2H3. The second kappa shape index (κ2) is 5.10. The topological polar surface area (TPSA) is 43.3 Å². The van der Waals surface area contributed by atoms with Gasteiger partial charge in [0.2, 0.25) is 0 Å². The third-order valence-electron chi connectivity index (χ3n) is 3.60. The van der Waals surface area contributed by atoms with Crippen LogP contribution in [-0.4, -0.2) is 9.38 Å². The normalized spacial score (nSPS) is 12.8. The maximum absolute atomic E-state index is 6.19. The molecule has 1 atom stereocenters. The summed E-state index contributed by atoms with van der Waals surface area (Å²) in [7, 11) is 0. The van der Waals surface area contributed by atoms with E-state index in [0.717, 1.165) is 23.5 Å². The maximum Gasteiger partial charge on any atom is 0.137 e. The molecule has 0 saturated heterocycles. The number of imidazole rings is 1. The highest BCUT2D eigenvalue weighted by Gasteiger charge is 2.16. The molecule has 2 aromatic heterocycles. The molecule has 0 aliphatic heterocycles. The Labute approximate surface area is 119 Å². The zero-order valence-corrected chi connectivity index (χ0v) is 11.9. The van der Waals surface area contributed by atoms with Gasteiger partial charge in [-0.2, -0.15) is 0 Å². The molecule has 1 aromatic carbocycles. The van der Waals surface area contributed by atoms with E-state index >= 15 is 0 Å². The summed E-state index contributed by atoms with van der Waals surface area (Å²) in [6.45, 7) is 4.11. The molecule has 3 heteroatoms. The third kappa shape index (κ3) is 2.21. The van der Waals surface area contributed by atoms with Gasteiger partial charge in [-0.05, 0) is 31.5 Å². The van der Waals surface area contributed by atoms with E-state index in [2.05, 4.69) is 41.7 Å². The van der Waals surface area contributed by atoms with Crippen molar-refractivity contribution >= 4 is 5.65 Å². The summed E-state index contributed by atoms with van der Waals surface area (Å²) >= 11 is 0. The zero-order chi connectivity index (χ0) is 14.1. The number of rotatable bonds is 3. The number of fused-ring (bicyclic) bond motifs is 1. The number of nitrogens with zero attached hydrogens (tertiary/aromatic N) is 2. The molecule has 102 valence electrons. The van der Waals surface area contributed by atoms with Gasteiger partial charge in [0, 0.05) is 18.2 Å². The number of hydrogen-bond acceptors (Lipinski definition) is 2. The predicted octanol–water partition coefficient (Wildman–Crippen LogP) is 3.25. The van der Waals surface area contributed by atoms with Crippen LogP contribution in [0.4, 0.5) is 0 Å². The Kier molecular flexibility index (Phi) is 3.28. The van der Waals surface area contributed by atoms with Crippen LogP contribution in [0.2, 0.25) is 0 Å². The lowest BCUT2D eigenvalue weighted by Crippen LogP contribution is -2.12. The van der Waals surface area contributed by atoms with E-state index < -0.39 is 0 Å². The van der Waals surface area contributed by atoms with Crippen LogP contribution in [0, 0.1) is 6.92 Å². The summed E-state index contributed by atoms with van der Waals surface area (Å²) in [5, 5.41) is 0. The highest BCUT2D eigenvalue weighted by atomic mass is 15.0. The first-order valence-corrected chi connectivity index (χ1v) is 6.93. The summed E-state index contributed by atoms with van der Waals surface area (Å²) in [4.78, 5) is 4.77. The summed E-state index contributed by atoms with van der Waals surface area (Å²) in [5.74, 6) is 0. The fourth-order valence-corrected chi connectivity index (χ4v) is 2.71. The van der Waals surface area contributed by atoms with E-state index in [1.54, 1.807) is 0 Å². The highest BCUT2D eigenvalue weighted by molar-refractivity contribution is 5.47. The Balaban J connectivity index is 2.15. The molecular formula is C17H19N3. The van der Waals surface area contributed by atoms with Gasteiger partial charge in [0.1, 0.15) is 5.65 Å². The largest absolute Gasteiger partial charge is 0.323 e. The Bertz CT molecular complexity index is 727. The number of aromatic nitrogens is 2. The van der Waals surface area contributed by atoms with E-state index in [4.69, 9.17) is 10.7 Å². The van der Waals surface area contributed by atoms with Gasteiger partial charge in [-0.25, -0.2) is 4.98 Å². The van der Waals surface area contributed by atoms with Crippen molar-refractivity contribution in [3.8, 4) is 0 Å². The summed E-state index contributed by atoms with van der Waals surface area (Å²) in [6.07, 6.45) is 0.818. The SMILES string of the molecule is Cc1cccc2nc(Cc3ccccc3)c(C(C)N)n12. The fraction of sp³-hybridized carbons (Fsp3) is 0.235. The van der Waals surface area contributed by atoms with E-state index in [1.165, 1.54) is 11.3 Å². The molecule has 1 unspecified atom stereocenters. The van der Waals surface area contributed by atoms with Crippen LogP contribution in [0.5, 0.6) is 0 Å². The Morgan fingerprint density at radius 1 is 1.10 bits per heavy atom. The van der Waals surface area contributed by atoms with Gasteiger partial charge >= 0.3 is 0 Å². The number of aryl methyl sites for hydroxylation is 1. The average Bonchev–Trinajstić information content (AvgIpc) is 2.79. The molecule has 0 amide bonds. The van der Waals surface area contributed by atoms with Crippen LogP contribution >= 0.6 is 0 Å². The van der Waals surface area contributed by atoms with Crippen molar-refractivity contribution in [1.29, 1.82) is 0 Å². The number of benzene rings is 1. The molecule has 3 aromatic rings. The molecule has 2 N–H and O–H groups in total. The summed E-state index contributed by atoms with van der Waals surface area (Å²) in [6, 6.07) is 16.5. The molecule has 2 heterocycles. The van der Waals surface area contributed by atoms with Crippen molar-refractivity contribution in [1.82, 2.24) is 9.38 Å². The van der Waals surface area contributed by atoms with Gasteiger partial charge in [-0.1, -0.05) is 36.4 Å². The van der Waals surface area contributed by atoms with Gasteiger partial charge in [0.05, 0.1) is 11.4 Å². The van der Waals surface area contributed by atoms with Crippen LogP contribution in [0.1, 0.15) is 35.6 Å². The first-order chi connectivity index (χ1) is 9.66. The van der Waals surface area contributed by atoms with Crippen LogP contribution in [0.25, 0.3) is 5.65 Å². The molecule has 3 rings (SSSR count). The second-order valence-corrected chi connectivity index (χ2v) is 5.26. The van der Waals surface area contributed by atoms with Crippen molar-refractivity contribution in [2.75, 3.05) is 0 Å². The van der Waals surface area contributed by atoms with Crippen LogP contribution in [-0.2, 0) is 6.42 Å². The molecule has 3 nitrogen and oxygen atoms in total. The number of hydrogen-bond donors (Lipinski definition) is 1. The van der Waals surface area contributed by atoms with E-state index in [9.17, 15) is 0 Å². The molecule has 0 aliphatic carbocycles. The summed E-state index contributed by atoms with van der Waals surface area (Å²) < 4.78 is 2.17. The smallest absolute Gasteiger partial charge is 0.137 e. The van der Waals surface area contributed by atoms with Gasteiger partial charge < -0.3 is 5.73 Å². The monoisotopic (exact) mass is 265 g/mol. The second-order valence-electron chi connectivity index (χ2n) is 5.26. The minimum absolute atomic E-state index is 0.0372. The van der Waals surface area contributed by atoms with E-state index in [1.807, 2.05) is 25.1 Å². The molecular weight excluding hydrogens is 246 g/mol. The van der Waals surface area contributed by atoms with Crippen molar-refractivity contribution in [2.24, 2.45) is 5.73 Å². The van der Waals surface area contributed by atoms with Gasteiger partial charge in [-0.15, -0.1) is 0 Å². The fourth-order valence-electron chi connectivity index (χ4n) is 2.71. The molecule has 0 spiro atoms. The van der Waals surface area contributed by atoms with Crippen molar-refractivity contribution in [2.45, 2.75) is 26.3 Å². The van der Waals surface area contributed by atoms with E-state index in [-0.39, 0.29) is 6.04 Å². The Morgan fingerprint density at radius 3 is 2.55 bits per heavy atom. The maximum atomic E-state index is 6.19. The first-order valence-electron chi connectivity index (χ1n) is 6.93.